The van der Waals surface area contributed by atoms with Crippen LogP contribution in [0.15, 0.2) is 42.1 Å². The van der Waals surface area contributed by atoms with E-state index in [9.17, 15) is 19.8 Å². The number of phenols is 2. The first-order valence-corrected chi connectivity index (χ1v) is 12.4. The molecular formula is C27H36N2O6. The highest BCUT2D eigenvalue weighted by Gasteiger charge is 2.22. The van der Waals surface area contributed by atoms with Crippen molar-refractivity contribution in [3.8, 4) is 11.5 Å². The smallest absolute Gasteiger partial charge is 0.342 e. The van der Waals surface area contributed by atoms with Crippen molar-refractivity contribution in [3.63, 3.8) is 0 Å². The zero-order valence-electron chi connectivity index (χ0n) is 20.4. The van der Waals surface area contributed by atoms with E-state index in [2.05, 4.69) is 11.6 Å². The van der Waals surface area contributed by atoms with Gasteiger partial charge in [-0.2, -0.15) is 0 Å². The number of nitrogens with one attached hydrogen (secondary N) is 1. The average molecular weight is 485 g/mol. The number of allylic oxidation sites excluding steroid dienone is 3. The Morgan fingerprint density at radius 3 is 2.69 bits per heavy atom. The lowest BCUT2D eigenvalue weighted by Gasteiger charge is -2.26. The number of aromatic hydroxyl groups is 2. The molecule has 1 unspecified atom stereocenters. The van der Waals surface area contributed by atoms with Gasteiger partial charge in [-0.25, -0.2) is 4.79 Å². The maximum Gasteiger partial charge on any atom is 0.342 e. The van der Waals surface area contributed by atoms with Crippen LogP contribution in [0.2, 0.25) is 0 Å². The summed E-state index contributed by atoms with van der Waals surface area (Å²) in [6.07, 6.45) is 15.9. The summed E-state index contributed by atoms with van der Waals surface area (Å²) in [7, 11) is 0. The minimum absolute atomic E-state index is 0.0398. The van der Waals surface area contributed by atoms with E-state index < -0.39 is 5.97 Å². The van der Waals surface area contributed by atoms with E-state index >= 15 is 0 Å². The number of hydroxylamine groups is 1. The standard InChI is InChI=1S/C27H36N2O6/c1-2-11-23-13-8-5-3-4-7-12-21(28-34-19-25(32)29-14-9-6-10-15-29)16-20-17-22(30)18-24(31)26(20)27(33)35-23/h5,7-8,12,16-18,23,28,30-31H,2-4,6,9-11,13-15,19H2,1H3/b8-5?,12-7+,21-16-. The van der Waals surface area contributed by atoms with Crippen molar-refractivity contribution < 1.29 is 29.4 Å². The summed E-state index contributed by atoms with van der Waals surface area (Å²) in [6, 6.07) is 2.49. The van der Waals surface area contributed by atoms with Gasteiger partial charge in [-0.15, -0.1) is 0 Å². The van der Waals surface area contributed by atoms with Crippen LogP contribution in [0.1, 0.15) is 74.2 Å². The van der Waals surface area contributed by atoms with Crippen molar-refractivity contribution in [3.05, 3.63) is 53.3 Å². The van der Waals surface area contributed by atoms with Gasteiger partial charge in [0.05, 0.1) is 5.70 Å². The molecule has 0 saturated carbocycles. The maximum atomic E-state index is 13.0. The van der Waals surface area contributed by atoms with Gasteiger partial charge >= 0.3 is 5.97 Å². The molecule has 8 nitrogen and oxygen atoms in total. The molecule has 0 aromatic heterocycles. The summed E-state index contributed by atoms with van der Waals surface area (Å²) in [5.74, 6) is -1.32. The predicted octanol–water partition coefficient (Wildman–Crippen LogP) is 4.59. The van der Waals surface area contributed by atoms with Gasteiger partial charge in [-0.1, -0.05) is 31.6 Å². The van der Waals surface area contributed by atoms with Crippen molar-refractivity contribution >= 4 is 18.0 Å². The van der Waals surface area contributed by atoms with Crippen LogP contribution < -0.4 is 5.48 Å². The highest BCUT2D eigenvalue weighted by Crippen LogP contribution is 2.30. The molecule has 0 aliphatic carbocycles. The van der Waals surface area contributed by atoms with Crippen molar-refractivity contribution in [1.29, 1.82) is 0 Å². The molecule has 1 fully saturated rings. The SMILES string of the molecule is CCCC1CC=CCC/C=C/C(NOCC(=O)N2CCCCC2)=C/c2cc(O)cc(O)c2C(=O)O1. The molecule has 2 aliphatic rings. The molecular weight excluding hydrogens is 448 g/mol. The third-order valence-electron chi connectivity index (χ3n) is 5.99. The van der Waals surface area contributed by atoms with Crippen molar-refractivity contribution in [1.82, 2.24) is 10.4 Å². The number of carbonyl (C=O) groups is 2. The second kappa shape index (κ2) is 13.6. The number of piperidine rings is 1. The first-order chi connectivity index (χ1) is 17.0. The largest absolute Gasteiger partial charge is 0.508 e. The van der Waals surface area contributed by atoms with Crippen molar-refractivity contribution in [2.75, 3.05) is 19.7 Å². The first-order valence-electron chi connectivity index (χ1n) is 12.4. The lowest BCUT2D eigenvalue weighted by molar-refractivity contribution is -0.139. The Balaban J connectivity index is 1.84. The van der Waals surface area contributed by atoms with E-state index in [-0.39, 0.29) is 41.2 Å². The number of amides is 1. The lowest BCUT2D eigenvalue weighted by atomic mass is 10.0. The predicted molar refractivity (Wildman–Crippen MR) is 134 cm³/mol. The molecule has 35 heavy (non-hydrogen) atoms. The summed E-state index contributed by atoms with van der Waals surface area (Å²) in [4.78, 5) is 32.7. The fourth-order valence-corrected chi connectivity index (χ4v) is 4.19. The van der Waals surface area contributed by atoms with Crippen LogP contribution in [-0.2, 0) is 14.4 Å². The summed E-state index contributed by atoms with van der Waals surface area (Å²) in [5.41, 5.74) is 3.48. The molecule has 2 heterocycles. The number of rotatable bonds is 6. The summed E-state index contributed by atoms with van der Waals surface area (Å²) in [5, 5.41) is 20.6. The minimum atomic E-state index is -0.665. The molecule has 1 saturated heterocycles. The number of likely N-dealkylation sites (tertiary alicyclic amines) is 1. The molecule has 0 radical (unpaired) electrons. The highest BCUT2D eigenvalue weighted by atomic mass is 16.6. The van der Waals surface area contributed by atoms with E-state index in [0.29, 0.717) is 18.5 Å². The Hall–Kier alpha value is -3.26. The highest BCUT2D eigenvalue weighted by molar-refractivity contribution is 5.97. The second-order valence-electron chi connectivity index (χ2n) is 8.86. The molecule has 1 aromatic carbocycles. The van der Waals surface area contributed by atoms with Gasteiger partial charge in [0.2, 0.25) is 0 Å². The number of hydrogen-bond donors (Lipinski definition) is 3. The number of fused-ring (bicyclic) bond motifs is 1. The number of esters is 1. The second-order valence-corrected chi connectivity index (χ2v) is 8.86. The molecule has 3 rings (SSSR count). The molecule has 190 valence electrons. The molecule has 0 bridgehead atoms. The fourth-order valence-electron chi connectivity index (χ4n) is 4.19. The summed E-state index contributed by atoms with van der Waals surface area (Å²) < 4.78 is 5.72. The number of benzene rings is 1. The lowest BCUT2D eigenvalue weighted by Crippen LogP contribution is -2.39. The van der Waals surface area contributed by atoms with E-state index in [0.717, 1.165) is 57.7 Å². The molecule has 2 aliphatic heterocycles. The number of nitrogens with zero attached hydrogens (tertiary/aromatic N) is 1. The minimum Gasteiger partial charge on any atom is -0.508 e. The van der Waals surface area contributed by atoms with Crippen LogP contribution in [0.25, 0.3) is 6.08 Å². The molecule has 1 amide bonds. The molecule has 1 aromatic rings. The number of carbonyl (C=O) groups excluding carboxylic acids is 2. The number of cyclic esters (lactones) is 1. The third-order valence-corrected chi connectivity index (χ3v) is 5.99. The van der Waals surface area contributed by atoms with Gasteiger partial charge in [0.15, 0.2) is 6.61 Å². The number of hydrogen-bond acceptors (Lipinski definition) is 7. The van der Waals surface area contributed by atoms with E-state index in [1.165, 1.54) is 6.07 Å². The molecule has 0 spiro atoms. The van der Waals surface area contributed by atoms with Crippen LogP contribution in [-0.4, -0.2) is 52.8 Å². The normalized spacial score (nSPS) is 21.7. The van der Waals surface area contributed by atoms with Gasteiger partial charge in [0.25, 0.3) is 5.91 Å². The molecule has 1 atom stereocenters. The Bertz CT molecular complexity index is 963. The zero-order chi connectivity index (χ0) is 25.0. The average Bonchev–Trinajstić information content (AvgIpc) is 2.82. The van der Waals surface area contributed by atoms with E-state index in [4.69, 9.17) is 9.57 Å². The van der Waals surface area contributed by atoms with Gasteiger partial charge in [0, 0.05) is 25.6 Å². The quantitative estimate of drug-likeness (QED) is 0.308. The Morgan fingerprint density at radius 2 is 1.91 bits per heavy atom. The van der Waals surface area contributed by atoms with Crippen LogP contribution in [0.3, 0.4) is 0 Å². The monoisotopic (exact) mass is 484 g/mol. The van der Waals surface area contributed by atoms with Crippen LogP contribution >= 0.6 is 0 Å². The van der Waals surface area contributed by atoms with Gasteiger partial charge in [-0.3, -0.25) is 15.1 Å². The Morgan fingerprint density at radius 1 is 1.14 bits per heavy atom. The fraction of sp³-hybridized carbons (Fsp3) is 0.481. The number of ether oxygens (including phenoxy) is 1. The Kier molecular flexibility index (Phi) is 10.2. The van der Waals surface area contributed by atoms with Gasteiger partial charge in [-0.05, 0) is 62.3 Å². The van der Waals surface area contributed by atoms with Crippen molar-refractivity contribution in [2.45, 2.75) is 64.4 Å². The van der Waals surface area contributed by atoms with Gasteiger partial charge < -0.3 is 19.8 Å². The number of phenolic OH excluding ortho intramolecular Hbond substituents is 2. The maximum absolute atomic E-state index is 13.0. The Labute approximate surface area is 206 Å². The summed E-state index contributed by atoms with van der Waals surface area (Å²) >= 11 is 0. The van der Waals surface area contributed by atoms with E-state index in [1.54, 1.807) is 17.1 Å². The van der Waals surface area contributed by atoms with E-state index in [1.807, 2.05) is 19.1 Å². The van der Waals surface area contributed by atoms with Crippen molar-refractivity contribution in [2.24, 2.45) is 0 Å². The third kappa shape index (κ3) is 8.17. The van der Waals surface area contributed by atoms with Crippen LogP contribution in [0.5, 0.6) is 11.5 Å². The first kappa shape index (κ1) is 26.3. The topological polar surface area (TPSA) is 108 Å². The zero-order valence-corrected chi connectivity index (χ0v) is 20.4. The molecule has 3 N–H and O–H groups in total. The van der Waals surface area contributed by atoms with Crippen LogP contribution in [0.4, 0.5) is 0 Å². The summed E-state index contributed by atoms with van der Waals surface area (Å²) in [6.45, 7) is 3.37. The van der Waals surface area contributed by atoms with Gasteiger partial charge in [0.1, 0.15) is 23.2 Å². The van der Waals surface area contributed by atoms with Crippen LogP contribution in [0, 0.1) is 0 Å². The molecule has 8 heteroatoms.